The maximum Gasteiger partial charge on any atom is 0.234 e. The monoisotopic (exact) mass is 419 g/mol. The van der Waals surface area contributed by atoms with Gasteiger partial charge in [-0.1, -0.05) is 51.5 Å². The molecule has 0 unspecified atom stereocenters. The summed E-state index contributed by atoms with van der Waals surface area (Å²) in [7, 11) is 0. The molecule has 2 aromatic carbocycles. The smallest absolute Gasteiger partial charge is 0.234 e. The van der Waals surface area contributed by atoms with Gasteiger partial charge in [0.25, 0.3) is 0 Å². The number of hydrogen-bond donors (Lipinski definition) is 1. The number of halogens is 1. The lowest BCUT2D eigenvalue weighted by atomic mass is 10.1. The standard InChI is InChI=1S/C17H14BrN3OS2/c1-11-3-2-4-12(9-11)16-20-17(24-21-16)23-10-15(22)19-14-7-5-13(18)6-8-14/h2-9H,10H2,1H3,(H,19,22). The van der Waals surface area contributed by atoms with Gasteiger partial charge in [0.2, 0.25) is 5.91 Å². The van der Waals surface area contributed by atoms with Gasteiger partial charge < -0.3 is 5.32 Å². The molecule has 0 aliphatic rings. The van der Waals surface area contributed by atoms with Crippen LogP contribution in [0.2, 0.25) is 0 Å². The predicted octanol–water partition coefficient (Wildman–Crippen LogP) is 5.01. The molecule has 1 aromatic heterocycles. The molecule has 4 nitrogen and oxygen atoms in total. The number of nitrogens with one attached hydrogen (secondary N) is 1. The third kappa shape index (κ3) is 4.66. The maximum atomic E-state index is 12.0. The van der Waals surface area contributed by atoms with Crippen LogP contribution in [0.4, 0.5) is 5.69 Å². The number of thioether (sulfide) groups is 1. The zero-order valence-corrected chi connectivity index (χ0v) is 16.0. The molecule has 0 spiro atoms. The first-order valence-corrected chi connectivity index (χ1v) is 9.74. The van der Waals surface area contributed by atoms with E-state index in [1.165, 1.54) is 28.9 Å². The molecule has 0 saturated heterocycles. The molecular weight excluding hydrogens is 406 g/mol. The number of carbonyl (C=O) groups is 1. The van der Waals surface area contributed by atoms with Gasteiger partial charge in [0.15, 0.2) is 10.2 Å². The van der Waals surface area contributed by atoms with E-state index in [9.17, 15) is 4.79 Å². The lowest BCUT2D eigenvalue weighted by Crippen LogP contribution is -2.13. The Labute approximate surface area is 157 Å². The Hall–Kier alpha value is -1.70. The van der Waals surface area contributed by atoms with Crippen molar-refractivity contribution in [2.24, 2.45) is 0 Å². The van der Waals surface area contributed by atoms with Crippen LogP contribution in [0.5, 0.6) is 0 Å². The van der Waals surface area contributed by atoms with Crippen LogP contribution in [0.25, 0.3) is 11.4 Å². The number of rotatable bonds is 5. The van der Waals surface area contributed by atoms with E-state index in [0.717, 1.165) is 20.1 Å². The third-order valence-corrected chi connectivity index (χ3v) is 5.50. The Bertz CT molecular complexity index is 849. The van der Waals surface area contributed by atoms with Crippen molar-refractivity contribution in [1.29, 1.82) is 0 Å². The molecule has 3 rings (SSSR count). The van der Waals surface area contributed by atoms with Crippen molar-refractivity contribution in [3.63, 3.8) is 0 Å². The average Bonchev–Trinajstić information content (AvgIpc) is 3.04. The number of carbonyl (C=O) groups excluding carboxylic acids is 1. The van der Waals surface area contributed by atoms with Crippen molar-refractivity contribution in [2.45, 2.75) is 11.3 Å². The van der Waals surface area contributed by atoms with Crippen molar-refractivity contribution in [3.05, 3.63) is 58.6 Å². The van der Waals surface area contributed by atoms with Crippen molar-refractivity contribution in [1.82, 2.24) is 9.36 Å². The first-order valence-electron chi connectivity index (χ1n) is 7.19. The number of aryl methyl sites for hydroxylation is 1. The second-order valence-electron chi connectivity index (χ2n) is 5.10. The first-order chi connectivity index (χ1) is 11.6. The molecule has 0 radical (unpaired) electrons. The van der Waals surface area contributed by atoms with E-state index in [1.54, 1.807) is 0 Å². The summed E-state index contributed by atoms with van der Waals surface area (Å²) >= 11 is 6.08. The van der Waals surface area contributed by atoms with Crippen LogP contribution in [-0.2, 0) is 4.79 Å². The summed E-state index contributed by atoms with van der Waals surface area (Å²) in [6, 6.07) is 15.6. The summed E-state index contributed by atoms with van der Waals surface area (Å²) in [4.78, 5) is 16.5. The molecule has 0 fully saturated rings. The van der Waals surface area contributed by atoms with Crippen molar-refractivity contribution >= 4 is 50.8 Å². The molecule has 24 heavy (non-hydrogen) atoms. The summed E-state index contributed by atoms with van der Waals surface area (Å²) in [5, 5.41) is 2.86. The van der Waals surface area contributed by atoms with E-state index in [4.69, 9.17) is 0 Å². The maximum absolute atomic E-state index is 12.0. The minimum atomic E-state index is -0.0605. The molecule has 1 N–H and O–H groups in total. The number of anilines is 1. The van der Waals surface area contributed by atoms with Gasteiger partial charge in [-0.25, -0.2) is 4.98 Å². The average molecular weight is 420 g/mol. The molecule has 0 aliphatic carbocycles. The third-order valence-electron chi connectivity index (χ3n) is 3.14. The van der Waals surface area contributed by atoms with Gasteiger partial charge in [-0.15, -0.1) is 0 Å². The molecule has 7 heteroatoms. The highest BCUT2D eigenvalue weighted by Crippen LogP contribution is 2.25. The summed E-state index contributed by atoms with van der Waals surface area (Å²) in [5.41, 5.74) is 2.95. The first kappa shape index (κ1) is 17.1. The van der Waals surface area contributed by atoms with E-state index in [-0.39, 0.29) is 5.91 Å². The van der Waals surface area contributed by atoms with Gasteiger partial charge in [0, 0.05) is 15.7 Å². The van der Waals surface area contributed by atoms with E-state index >= 15 is 0 Å². The van der Waals surface area contributed by atoms with Gasteiger partial charge in [0.1, 0.15) is 0 Å². The predicted molar refractivity (Wildman–Crippen MR) is 104 cm³/mol. The van der Waals surface area contributed by atoms with Crippen LogP contribution in [-0.4, -0.2) is 21.0 Å². The molecule has 3 aromatic rings. The summed E-state index contributed by atoms with van der Waals surface area (Å²) in [6.07, 6.45) is 0. The zero-order chi connectivity index (χ0) is 16.9. The molecule has 0 aliphatic heterocycles. The lowest BCUT2D eigenvalue weighted by molar-refractivity contribution is -0.113. The number of amides is 1. The van der Waals surface area contributed by atoms with Gasteiger partial charge >= 0.3 is 0 Å². The second-order valence-corrected chi connectivity index (χ2v) is 7.99. The highest BCUT2D eigenvalue weighted by molar-refractivity contribution is 9.10. The number of hydrogen-bond acceptors (Lipinski definition) is 5. The molecule has 0 atom stereocenters. The lowest BCUT2D eigenvalue weighted by Gasteiger charge is -2.03. The minimum Gasteiger partial charge on any atom is -0.325 e. The Balaban J connectivity index is 1.57. The number of benzene rings is 2. The number of nitrogens with zero attached hydrogens (tertiary/aromatic N) is 2. The van der Waals surface area contributed by atoms with Gasteiger partial charge in [-0.3, -0.25) is 4.79 Å². The van der Waals surface area contributed by atoms with Crippen LogP contribution in [0, 0.1) is 6.92 Å². The molecule has 0 bridgehead atoms. The summed E-state index contributed by atoms with van der Waals surface area (Å²) < 4.78 is 6.14. The Morgan fingerprint density at radius 2 is 2.04 bits per heavy atom. The molecule has 122 valence electrons. The van der Waals surface area contributed by atoms with Crippen LogP contribution >= 0.6 is 39.2 Å². The topological polar surface area (TPSA) is 54.9 Å². The number of aromatic nitrogens is 2. The highest BCUT2D eigenvalue weighted by atomic mass is 79.9. The fraction of sp³-hybridized carbons (Fsp3) is 0.118. The normalized spacial score (nSPS) is 10.6. The Morgan fingerprint density at radius 3 is 2.79 bits per heavy atom. The fourth-order valence-electron chi connectivity index (χ4n) is 2.03. The molecule has 0 saturated carbocycles. The summed E-state index contributed by atoms with van der Waals surface area (Å²) in [5.74, 6) is 0.951. The zero-order valence-electron chi connectivity index (χ0n) is 12.8. The minimum absolute atomic E-state index is 0.0605. The molecule has 1 amide bonds. The van der Waals surface area contributed by atoms with Gasteiger partial charge in [-0.05, 0) is 48.8 Å². The SMILES string of the molecule is Cc1cccc(-c2nsc(SCC(=O)Nc3ccc(Br)cc3)n2)c1. The van der Waals surface area contributed by atoms with Crippen molar-refractivity contribution in [3.8, 4) is 11.4 Å². The highest BCUT2D eigenvalue weighted by Gasteiger charge is 2.10. The van der Waals surface area contributed by atoms with Crippen LogP contribution in [0.15, 0.2) is 57.3 Å². The van der Waals surface area contributed by atoms with Gasteiger partial charge in [0.05, 0.1) is 5.75 Å². The Morgan fingerprint density at radius 1 is 1.25 bits per heavy atom. The van der Waals surface area contributed by atoms with Crippen LogP contribution < -0.4 is 5.32 Å². The van der Waals surface area contributed by atoms with Crippen molar-refractivity contribution < 1.29 is 4.79 Å². The summed E-state index contributed by atoms with van der Waals surface area (Å²) in [6.45, 7) is 2.04. The largest absolute Gasteiger partial charge is 0.325 e. The van der Waals surface area contributed by atoms with Crippen molar-refractivity contribution in [2.75, 3.05) is 11.1 Å². The van der Waals surface area contributed by atoms with Crippen LogP contribution in [0.1, 0.15) is 5.56 Å². The van der Waals surface area contributed by atoms with E-state index < -0.39 is 0 Å². The quantitative estimate of drug-likeness (QED) is 0.590. The molecular formula is C17H14BrN3OS2. The second kappa shape index (κ2) is 7.92. The van der Waals surface area contributed by atoms with E-state index in [0.29, 0.717) is 11.6 Å². The molecule has 1 heterocycles. The fourth-order valence-corrected chi connectivity index (χ4v) is 3.71. The van der Waals surface area contributed by atoms with Gasteiger partial charge in [-0.2, -0.15) is 4.37 Å². The van der Waals surface area contributed by atoms with E-state index in [1.807, 2.05) is 49.4 Å². The van der Waals surface area contributed by atoms with Crippen LogP contribution in [0.3, 0.4) is 0 Å². The van der Waals surface area contributed by atoms with E-state index in [2.05, 4.69) is 36.7 Å². The Kier molecular flexibility index (Phi) is 5.65.